The molecule has 4 rings (SSSR count). The van der Waals surface area contributed by atoms with Crippen molar-refractivity contribution in [3.8, 4) is 34.1 Å². The number of halogens is 2. The van der Waals surface area contributed by atoms with Crippen LogP contribution in [0.5, 0.6) is 11.6 Å². The van der Waals surface area contributed by atoms with Crippen molar-refractivity contribution in [1.29, 1.82) is 0 Å². The summed E-state index contributed by atoms with van der Waals surface area (Å²) in [5.41, 5.74) is 1.85. The molecule has 184 valence electrons. The summed E-state index contributed by atoms with van der Waals surface area (Å²) in [6, 6.07) is 11.1. The lowest BCUT2D eigenvalue weighted by Crippen LogP contribution is -2.27. The zero-order chi connectivity index (χ0) is 25.3. The predicted molar refractivity (Wildman–Crippen MR) is 139 cm³/mol. The smallest absolute Gasteiger partial charge is 0.329 e. The van der Waals surface area contributed by atoms with Gasteiger partial charge in [-0.05, 0) is 77.9 Å². The van der Waals surface area contributed by atoms with Crippen LogP contribution < -0.4 is 10.4 Å². The summed E-state index contributed by atoms with van der Waals surface area (Å²) in [4.78, 5) is 23.6. The van der Waals surface area contributed by atoms with Gasteiger partial charge in [0.25, 0.3) is 0 Å². The second-order valence-electron chi connectivity index (χ2n) is 8.50. The van der Waals surface area contributed by atoms with E-state index in [0.29, 0.717) is 34.1 Å². The van der Waals surface area contributed by atoms with Crippen molar-refractivity contribution in [2.45, 2.75) is 26.8 Å². The van der Waals surface area contributed by atoms with Gasteiger partial charge in [-0.15, -0.1) is 0 Å². The molecule has 4 aromatic rings. The molecule has 0 fully saturated rings. The van der Waals surface area contributed by atoms with E-state index in [9.17, 15) is 14.3 Å². The number of hydrogen-bond donors (Lipinski definition) is 4. The molecule has 35 heavy (non-hydrogen) atoms. The minimum atomic E-state index is -0.626. The third-order valence-electron chi connectivity index (χ3n) is 5.68. The molecule has 4 N–H and O–H groups in total. The highest BCUT2D eigenvalue weighted by Crippen LogP contribution is 2.35. The number of nitrogens with one attached hydrogen (secondary N) is 2. The van der Waals surface area contributed by atoms with Crippen LogP contribution >= 0.6 is 22.6 Å². The SMILES string of the molecule is Cc1[nH]c([C@H](C(C)C)n2c(O)c(-c3ccc(OCCO)cc3)[nH]c2=O)nc1-c1ccc(I)cc1F. The molecule has 2 aromatic heterocycles. The third-order valence-corrected chi connectivity index (χ3v) is 6.36. The first-order chi connectivity index (χ1) is 16.7. The highest BCUT2D eigenvalue weighted by atomic mass is 127. The normalized spacial score (nSPS) is 12.3. The fraction of sp³-hybridized carbons (Fsp3) is 0.280. The number of aryl methyl sites for hydroxylation is 1. The number of aliphatic hydroxyl groups is 1. The van der Waals surface area contributed by atoms with Crippen LogP contribution in [0.4, 0.5) is 4.39 Å². The lowest BCUT2D eigenvalue weighted by molar-refractivity contribution is 0.201. The second-order valence-corrected chi connectivity index (χ2v) is 9.75. The molecular weight excluding hydrogens is 566 g/mol. The molecule has 0 aliphatic rings. The summed E-state index contributed by atoms with van der Waals surface area (Å²) in [6.07, 6.45) is 0. The Balaban J connectivity index is 1.74. The number of rotatable bonds is 8. The third kappa shape index (κ3) is 4.98. The van der Waals surface area contributed by atoms with Crippen molar-refractivity contribution in [2.75, 3.05) is 13.2 Å². The zero-order valence-corrected chi connectivity index (χ0v) is 21.6. The molecule has 1 atom stereocenters. The van der Waals surface area contributed by atoms with Gasteiger partial charge in [-0.25, -0.2) is 14.2 Å². The van der Waals surface area contributed by atoms with Gasteiger partial charge in [0.2, 0.25) is 5.88 Å². The fourth-order valence-electron chi connectivity index (χ4n) is 4.08. The molecule has 0 radical (unpaired) electrons. The van der Waals surface area contributed by atoms with Crippen LogP contribution in [-0.2, 0) is 0 Å². The van der Waals surface area contributed by atoms with Crippen LogP contribution in [0.3, 0.4) is 0 Å². The number of hydrogen-bond acceptors (Lipinski definition) is 5. The Morgan fingerprint density at radius 2 is 1.89 bits per heavy atom. The molecule has 10 heteroatoms. The number of benzene rings is 2. The van der Waals surface area contributed by atoms with Gasteiger partial charge >= 0.3 is 5.69 Å². The first-order valence-electron chi connectivity index (χ1n) is 11.1. The van der Waals surface area contributed by atoms with Crippen LogP contribution in [0, 0.1) is 22.2 Å². The molecule has 0 amide bonds. The molecule has 0 saturated heterocycles. The van der Waals surface area contributed by atoms with Crippen molar-refractivity contribution in [3.63, 3.8) is 0 Å². The van der Waals surface area contributed by atoms with E-state index in [4.69, 9.17) is 9.84 Å². The maximum Gasteiger partial charge on any atom is 0.329 e. The van der Waals surface area contributed by atoms with Crippen LogP contribution in [-0.4, -0.2) is 42.9 Å². The topological polar surface area (TPSA) is 116 Å². The number of nitrogens with zero attached hydrogens (tertiary/aromatic N) is 2. The lowest BCUT2D eigenvalue weighted by Gasteiger charge is -2.20. The summed E-state index contributed by atoms with van der Waals surface area (Å²) in [6.45, 7) is 5.70. The van der Waals surface area contributed by atoms with E-state index in [-0.39, 0.29) is 36.5 Å². The second kappa shape index (κ2) is 10.2. The van der Waals surface area contributed by atoms with Crippen LogP contribution in [0.1, 0.15) is 31.4 Å². The highest BCUT2D eigenvalue weighted by Gasteiger charge is 2.29. The number of ether oxygens (including phenoxy) is 1. The number of aromatic nitrogens is 4. The van der Waals surface area contributed by atoms with Gasteiger partial charge in [0.15, 0.2) is 0 Å². The minimum Gasteiger partial charge on any atom is -0.493 e. The Kier molecular flexibility index (Phi) is 7.31. The average Bonchev–Trinajstić information content (AvgIpc) is 3.32. The first-order valence-corrected chi connectivity index (χ1v) is 12.2. The predicted octanol–water partition coefficient (Wildman–Crippen LogP) is 4.61. The van der Waals surface area contributed by atoms with Crippen LogP contribution in [0.2, 0.25) is 0 Å². The largest absolute Gasteiger partial charge is 0.493 e. The molecule has 0 saturated carbocycles. The fourth-order valence-corrected chi connectivity index (χ4v) is 4.54. The van der Waals surface area contributed by atoms with Crippen molar-refractivity contribution in [2.24, 2.45) is 5.92 Å². The zero-order valence-electron chi connectivity index (χ0n) is 19.5. The molecule has 0 unspecified atom stereocenters. The standard InChI is InChI=1S/C25H26FIN4O4/c1-13(2)22(23-28-14(3)20(29-23)18-9-6-16(27)12-19(18)26)31-24(33)21(30-25(31)34)15-4-7-17(8-5-15)35-11-10-32/h4-9,12-13,22,32-33H,10-11H2,1-3H3,(H,28,29)(H,30,34)/t22-/m0/s1. The maximum absolute atomic E-state index is 14.6. The van der Waals surface area contributed by atoms with Crippen molar-refractivity contribution < 1.29 is 19.3 Å². The Morgan fingerprint density at radius 3 is 2.51 bits per heavy atom. The van der Waals surface area contributed by atoms with E-state index in [2.05, 4.69) is 15.0 Å². The Bertz CT molecular complexity index is 1390. The molecule has 8 nitrogen and oxygen atoms in total. The molecule has 2 aromatic carbocycles. The molecule has 0 aliphatic carbocycles. The van der Waals surface area contributed by atoms with Crippen LogP contribution in [0.25, 0.3) is 22.5 Å². The number of aliphatic hydroxyl groups excluding tert-OH is 1. The van der Waals surface area contributed by atoms with Gasteiger partial charge < -0.3 is 24.9 Å². The minimum absolute atomic E-state index is 0.0977. The Hall–Kier alpha value is -3.12. The quantitative estimate of drug-likeness (QED) is 0.223. The van der Waals surface area contributed by atoms with E-state index < -0.39 is 11.7 Å². The Morgan fingerprint density at radius 1 is 1.17 bits per heavy atom. The number of imidazole rings is 2. The summed E-state index contributed by atoms with van der Waals surface area (Å²) in [5, 5.41) is 20.0. The van der Waals surface area contributed by atoms with Gasteiger partial charge in [-0.1, -0.05) is 13.8 Å². The van der Waals surface area contributed by atoms with E-state index >= 15 is 0 Å². The van der Waals surface area contributed by atoms with E-state index in [1.807, 2.05) is 42.5 Å². The number of aromatic amines is 2. The van der Waals surface area contributed by atoms with Gasteiger partial charge in [-0.3, -0.25) is 4.57 Å². The summed E-state index contributed by atoms with van der Waals surface area (Å²) in [5.74, 6) is 0.270. The van der Waals surface area contributed by atoms with Crippen LogP contribution in [0.15, 0.2) is 47.3 Å². The van der Waals surface area contributed by atoms with Crippen molar-refractivity contribution in [3.05, 3.63) is 73.9 Å². The summed E-state index contributed by atoms with van der Waals surface area (Å²) in [7, 11) is 0. The van der Waals surface area contributed by atoms with Gasteiger partial charge in [0.1, 0.15) is 35.7 Å². The highest BCUT2D eigenvalue weighted by molar-refractivity contribution is 14.1. The molecule has 0 bridgehead atoms. The maximum atomic E-state index is 14.6. The molecule has 2 heterocycles. The van der Waals surface area contributed by atoms with Gasteiger partial charge in [-0.2, -0.15) is 0 Å². The van der Waals surface area contributed by atoms with Gasteiger partial charge in [0.05, 0.1) is 12.3 Å². The average molecular weight is 592 g/mol. The van der Waals surface area contributed by atoms with E-state index in [0.717, 1.165) is 3.57 Å². The Labute approximate surface area is 215 Å². The van der Waals surface area contributed by atoms with Crippen molar-refractivity contribution >= 4 is 22.6 Å². The summed E-state index contributed by atoms with van der Waals surface area (Å²) < 4.78 is 22.1. The summed E-state index contributed by atoms with van der Waals surface area (Å²) >= 11 is 2.05. The molecular formula is C25H26FIN4O4. The molecule has 0 spiro atoms. The molecule has 0 aliphatic heterocycles. The first kappa shape index (κ1) is 25.0. The van der Waals surface area contributed by atoms with Crippen molar-refractivity contribution in [1.82, 2.24) is 19.5 Å². The number of aromatic hydroxyl groups is 1. The number of H-pyrrole nitrogens is 2. The monoisotopic (exact) mass is 592 g/mol. The van der Waals surface area contributed by atoms with E-state index in [1.165, 1.54) is 10.6 Å². The van der Waals surface area contributed by atoms with Gasteiger partial charge in [0, 0.05) is 20.4 Å². The lowest BCUT2D eigenvalue weighted by atomic mass is 10.0. The van der Waals surface area contributed by atoms with E-state index in [1.54, 1.807) is 37.3 Å².